The molecular formula is C27H22ClNO4. The van der Waals surface area contributed by atoms with Crippen LogP contribution < -0.4 is 9.64 Å². The maximum absolute atomic E-state index is 13.2. The zero-order valence-electron chi connectivity index (χ0n) is 17.9. The lowest BCUT2D eigenvalue weighted by Gasteiger charge is -2.27. The van der Waals surface area contributed by atoms with Crippen LogP contribution in [-0.2, 0) is 9.59 Å². The van der Waals surface area contributed by atoms with Gasteiger partial charge in [-0.25, -0.2) is 0 Å². The molecular weight excluding hydrogens is 438 g/mol. The first-order valence-corrected chi connectivity index (χ1v) is 10.9. The second-order valence-electron chi connectivity index (χ2n) is 7.43. The molecule has 1 aliphatic rings. The zero-order chi connectivity index (χ0) is 23.4. The number of carbonyl (C=O) groups is 2. The number of halogens is 1. The van der Waals surface area contributed by atoms with Crippen molar-refractivity contribution in [3.05, 3.63) is 112 Å². The lowest BCUT2D eigenvalue weighted by molar-refractivity contribution is -0.117. The van der Waals surface area contributed by atoms with Crippen molar-refractivity contribution in [2.45, 2.75) is 13.0 Å². The molecule has 0 aromatic heterocycles. The Bertz CT molecular complexity index is 1220. The highest BCUT2D eigenvalue weighted by Gasteiger charge is 2.43. The monoisotopic (exact) mass is 459 g/mol. The molecule has 0 bridgehead atoms. The molecule has 3 aromatic rings. The van der Waals surface area contributed by atoms with Crippen LogP contribution in [0.15, 0.2) is 96.3 Å². The van der Waals surface area contributed by atoms with Gasteiger partial charge in [0.05, 0.1) is 18.2 Å². The number of anilines is 1. The van der Waals surface area contributed by atoms with E-state index >= 15 is 0 Å². The van der Waals surface area contributed by atoms with Gasteiger partial charge in [0.15, 0.2) is 11.5 Å². The van der Waals surface area contributed by atoms with Crippen molar-refractivity contribution in [1.29, 1.82) is 0 Å². The van der Waals surface area contributed by atoms with E-state index in [4.69, 9.17) is 16.3 Å². The summed E-state index contributed by atoms with van der Waals surface area (Å²) in [7, 11) is 0. The molecule has 1 atom stereocenters. The van der Waals surface area contributed by atoms with Crippen molar-refractivity contribution in [3.63, 3.8) is 0 Å². The van der Waals surface area contributed by atoms with Crippen LogP contribution in [-0.4, -0.2) is 23.4 Å². The van der Waals surface area contributed by atoms with Gasteiger partial charge in [-0.2, -0.15) is 0 Å². The predicted molar refractivity (Wildman–Crippen MR) is 129 cm³/mol. The molecule has 0 radical (unpaired) electrons. The Morgan fingerprint density at radius 2 is 1.70 bits per heavy atom. The van der Waals surface area contributed by atoms with Gasteiger partial charge in [-0.3, -0.25) is 14.5 Å². The first kappa shape index (κ1) is 22.4. The summed E-state index contributed by atoms with van der Waals surface area (Å²) in [5, 5.41) is 11.3. The number of amides is 1. The lowest BCUT2D eigenvalue weighted by Crippen LogP contribution is -2.30. The average molecular weight is 460 g/mol. The van der Waals surface area contributed by atoms with Gasteiger partial charge in [0.1, 0.15) is 5.75 Å². The van der Waals surface area contributed by atoms with E-state index in [-0.39, 0.29) is 5.57 Å². The molecule has 0 saturated carbocycles. The Hall–Kier alpha value is -3.83. The van der Waals surface area contributed by atoms with E-state index in [1.165, 1.54) is 11.0 Å². The van der Waals surface area contributed by atoms with Crippen molar-refractivity contribution < 1.29 is 19.4 Å². The summed E-state index contributed by atoms with van der Waals surface area (Å²) in [5.41, 5.74) is 2.04. The van der Waals surface area contributed by atoms with Crippen molar-refractivity contribution in [2.75, 3.05) is 11.5 Å². The minimum absolute atomic E-state index is 0.0170. The van der Waals surface area contributed by atoms with Crippen LogP contribution in [0.3, 0.4) is 0 Å². The van der Waals surface area contributed by atoms with Gasteiger partial charge >= 0.3 is 0 Å². The fourth-order valence-electron chi connectivity index (χ4n) is 3.78. The summed E-state index contributed by atoms with van der Waals surface area (Å²) in [5.74, 6) is -0.990. The zero-order valence-corrected chi connectivity index (χ0v) is 18.7. The fraction of sp³-hybridized carbons (Fsp3) is 0.111. The highest BCUT2D eigenvalue weighted by molar-refractivity contribution is 6.30. The largest absolute Gasteiger partial charge is 0.503 e. The van der Waals surface area contributed by atoms with E-state index in [0.717, 1.165) is 5.56 Å². The summed E-state index contributed by atoms with van der Waals surface area (Å²) in [6.45, 7) is 2.40. The van der Waals surface area contributed by atoms with Gasteiger partial charge < -0.3 is 9.84 Å². The number of hydrogen-bond donors (Lipinski definition) is 1. The van der Waals surface area contributed by atoms with E-state index in [2.05, 4.69) is 0 Å². The molecule has 6 heteroatoms. The number of ketones is 1. The topological polar surface area (TPSA) is 66.8 Å². The molecule has 1 aliphatic heterocycles. The molecule has 0 aliphatic carbocycles. The molecule has 1 N–H and O–H groups in total. The summed E-state index contributed by atoms with van der Waals surface area (Å²) in [6, 6.07) is 22.4. The number of rotatable bonds is 7. The van der Waals surface area contributed by atoms with Crippen LogP contribution in [0.4, 0.5) is 5.69 Å². The van der Waals surface area contributed by atoms with Crippen molar-refractivity contribution in [1.82, 2.24) is 0 Å². The molecule has 0 fully saturated rings. The fourth-order valence-corrected chi connectivity index (χ4v) is 3.91. The molecule has 0 saturated heterocycles. The van der Waals surface area contributed by atoms with Gasteiger partial charge in [0.25, 0.3) is 5.91 Å². The summed E-state index contributed by atoms with van der Waals surface area (Å²) in [4.78, 5) is 27.8. The molecule has 4 rings (SSSR count). The lowest BCUT2D eigenvalue weighted by atomic mass is 9.95. The van der Waals surface area contributed by atoms with E-state index in [9.17, 15) is 14.7 Å². The molecule has 1 amide bonds. The Kier molecular flexibility index (Phi) is 6.61. The number of hydrogen-bond acceptors (Lipinski definition) is 4. The number of benzene rings is 3. The smallest absolute Gasteiger partial charge is 0.294 e. The first-order chi connectivity index (χ1) is 16.0. The highest BCUT2D eigenvalue weighted by Crippen LogP contribution is 2.41. The van der Waals surface area contributed by atoms with Crippen LogP contribution in [0.2, 0.25) is 5.02 Å². The van der Waals surface area contributed by atoms with E-state index in [1.807, 2.05) is 37.3 Å². The quantitative estimate of drug-likeness (QED) is 0.445. The molecule has 166 valence electrons. The third-order valence-corrected chi connectivity index (χ3v) is 5.56. The molecule has 33 heavy (non-hydrogen) atoms. The van der Waals surface area contributed by atoms with Crippen LogP contribution in [0.1, 0.15) is 24.1 Å². The molecule has 0 spiro atoms. The second-order valence-corrected chi connectivity index (χ2v) is 7.86. The minimum Gasteiger partial charge on any atom is -0.503 e. The van der Waals surface area contributed by atoms with Gasteiger partial charge in [0, 0.05) is 10.7 Å². The van der Waals surface area contributed by atoms with Crippen molar-refractivity contribution in [3.8, 4) is 5.75 Å². The number of nitrogens with zero attached hydrogens (tertiary/aromatic N) is 1. The van der Waals surface area contributed by atoms with E-state index in [0.29, 0.717) is 28.6 Å². The number of ether oxygens (including phenoxy) is 1. The first-order valence-electron chi connectivity index (χ1n) is 10.5. The Morgan fingerprint density at radius 1 is 1.03 bits per heavy atom. The second kappa shape index (κ2) is 9.76. The summed E-state index contributed by atoms with van der Waals surface area (Å²) >= 11 is 6.06. The molecule has 1 unspecified atom stereocenters. The highest BCUT2D eigenvalue weighted by atomic mass is 35.5. The van der Waals surface area contributed by atoms with Crippen LogP contribution in [0.25, 0.3) is 6.08 Å². The van der Waals surface area contributed by atoms with Gasteiger partial charge in [0.2, 0.25) is 0 Å². The number of allylic oxidation sites excluding steroid dienone is 1. The maximum atomic E-state index is 13.2. The van der Waals surface area contributed by atoms with Crippen LogP contribution in [0.5, 0.6) is 5.75 Å². The SMILES string of the molecule is CCOc1ccc(N2C(=O)C(O)=C(C(=O)C=Cc3ccccc3)C2c2ccc(Cl)cc2)cc1. The summed E-state index contributed by atoms with van der Waals surface area (Å²) in [6.07, 6.45) is 3.03. The number of aliphatic hydroxyl groups is 1. The van der Waals surface area contributed by atoms with Crippen LogP contribution in [0, 0.1) is 0 Å². The third kappa shape index (κ3) is 4.69. The molecule has 5 nitrogen and oxygen atoms in total. The van der Waals surface area contributed by atoms with Gasteiger partial charge in [-0.15, -0.1) is 0 Å². The number of aliphatic hydroxyl groups excluding tert-OH is 1. The molecule has 1 heterocycles. The van der Waals surface area contributed by atoms with E-state index < -0.39 is 23.5 Å². The maximum Gasteiger partial charge on any atom is 0.294 e. The van der Waals surface area contributed by atoms with Crippen LogP contribution >= 0.6 is 11.6 Å². The normalized spacial score (nSPS) is 16.0. The third-order valence-electron chi connectivity index (χ3n) is 5.31. The van der Waals surface area contributed by atoms with Gasteiger partial charge in [-0.05, 0) is 60.5 Å². The van der Waals surface area contributed by atoms with E-state index in [1.54, 1.807) is 54.6 Å². The van der Waals surface area contributed by atoms with Crippen molar-refractivity contribution in [2.24, 2.45) is 0 Å². The molecule has 3 aromatic carbocycles. The van der Waals surface area contributed by atoms with Gasteiger partial charge in [-0.1, -0.05) is 60.1 Å². The Balaban J connectivity index is 1.75. The Labute approximate surface area is 197 Å². The Morgan fingerprint density at radius 3 is 2.33 bits per heavy atom. The van der Waals surface area contributed by atoms with Crippen molar-refractivity contribution >= 4 is 35.1 Å². The standard InChI is InChI=1S/C27H22ClNO4/c1-2-33-22-15-13-21(14-16-22)29-25(19-9-11-20(28)12-10-19)24(26(31)27(29)32)23(30)17-8-18-6-4-3-5-7-18/h3-17,25,31H,2H2,1H3. The minimum atomic E-state index is -0.805. The number of carbonyl (C=O) groups excluding carboxylic acids is 2. The average Bonchev–Trinajstić information content (AvgIpc) is 3.10. The summed E-state index contributed by atoms with van der Waals surface area (Å²) < 4.78 is 5.49. The predicted octanol–water partition coefficient (Wildman–Crippen LogP) is 5.92.